The molecule has 1 aliphatic rings. The molecule has 1 atom stereocenters. The van der Waals surface area contributed by atoms with Crippen LogP contribution in [0.15, 0.2) is 18.2 Å². The molecule has 0 unspecified atom stereocenters. The Morgan fingerprint density at radius 2 is 2.35 bits per heavy atom. The summed E-state index contributed by atoms with van der Waals surface area (Å²) in [6, 6.07) is 5.66. The fourth-order valence-corrected chi connectivity index (χ4v) is 1.89. The lowest BCUT2D eigenvalue weighted by molar-refractivity contribution is 0.0691. The molecule has 0 spiro atoms. The third-order valence-corrected chi connectivity index (χ3v) is 3.32. The van der Waals surface area contributed by atoms with Gasteiger partial charge >= 0.3 is 5.97 Å². The highest BCUT2D eigenvalue weighted by atomic mass is 16.5. The number of benzene rings is 1. The van der Waals surface area contributed by atoms with E-state index in [0.29, 0.717) is 24.0 Å². The first-order valence-electron chi connectivity index (χ1n) is 5.75. The van der Waals surface area contributed by atoms with Gasteiger partial charge in [0.1, 0.15) is 12.4 Å². The Bertz CT molecular complexity index is 431. The van der Waals surface area contributed by atoms with Gasteiger partial charge in [0.2, 0.25) is 0 Å². The highest BCUT2D eigenvalue weighted by Gasteiger charge is 2.24. The molecule has 4 nitrogen and oxygen atoms in total. The summed E-state index contributed by atoms with van der Waals surface area (Å²) in [5.41, 5.74) is 1.06. The maximum Gasteiger partial charge on any atom is 0.336 e. The summed E-state index contributed by atoms with van der Waals surface area (Å²) < 4.78 is 5.62. The van der Waals surface area contributed by atoms with E-state index in [-0.39, 0.29) is 0 Å². The molecule has 4 heteroatoms. The van der Waals surface area contributed by atoms with E-state index in [9.17, 15) is 4.79 Å². The van der Waals surface area contributed by atoms with Crippen molar-refractivity contribution in [2.75, 3.05) is 20.2 Å². The van der Waals surface area contributed by atoms with Crippen molar-refractivity contribution in [2.45, 2.75) is 19.4 Å². The largest absolute Gasteiger partial charge is 0.492 e. The summed E-state index contributed by atoms with van der Waals surface area (Å²) in [7, 11) is 2.06. The number of ether oxygens (including phenoxy) is 1. The number of aryl methyl sites for hydroxylation is 1. The molecular formula is C13H17NO3. The van der Waals surface area contributed by atoms with E-state index in [1.807, 2.05) is 6.07 Å². The van der Waals surface area contributed by atoms with E-state index in [4.69, 9.17) is 9.84 Å². The van der Waals surface area contributed by atoms with Gasteiger partial charge in [-0.1, -0.05) is 6.07 Å². The van der Waals surface area contributed by atoms with Crippen molar-refractivity contribution in [3.63, 3.8) is 0 Å². The monoisotopic (exact) mass is 235 g/mol. The number of carboxylic acids is 1. The molecule has 0 amide bonds. The molecule has 17 heavy (non-hydrogen) atoms. The Morgan fingerprint density at radius 3 is 2.88 bits per heavy atom. The van der Waals surface area contributed by atoms with Crippen LogP contribution in [0.4, 0.5) is 0 Å². The average Bonchev–Trinajstić information content (AvgIpc) is 2.29. The summed E-state index contributed by atoms with van der Waals surface area (Å²) in [5.74, 6) is -0.276. The Balaban J connectivity index is 2.01. The molecule has 1 fully saturated rings. The number of hydrogen-bond acceptors (Lipinski definition) is 3. The lowest BCUT2D eigenvalue weighted by atomic mass is 10.1. The summed E-state index contributed by atoms with van der Waals surface area (Å²) >= 11 is 0. The number of aromatic carboxylic acids is 1. The zero-order valence-electron chi connectivity index (χ0n) is 10.1. The van der Waals surface area contributed by atoms with Gasteiger partial charge in [0.15, 0.2) is 0 Å². The molecule has 1 saturated heterocycles. The van der Waals surface area contributed by atoms with E-state index in [2.05, 4.69) is 11.9 Å². The summed E-state index contributed by atoms with van der Waals surface area (Å²) in [6.45, 7) is 3.52. The van der Waals surface area contributed by atoms with Gasteiger partial charge in [-0.3, -0.25) is 4.90 Å². The highest BCUT2D eigenvalue weighted by molar-refractivity contribution is 5.89. The van der Waals surface area contributed by atoms with Crippen molar-refractivity contribution in [3.05, 3.63) is 29.3 Å². The van der Waals surface area contributed by atoms with Crippen LogP contribution in [-0.2, 0) is 0 Å². The van der Waals surface area contributed by atoms with Gasteiger partial charge in [0.25, 0.3) is 0 Å². The third kappa shape index (κ3) is 2.58. The number of hydrogen-bond donors (Lipinski definition) is 1. The van der Waals surface area contributed by atoms with Crippen LogP contribution in [0.5, 0.6) is 5.75 Å². The topological polar surface area (TPSA) is 49.8 Å². The molecule has 1 aromatic carbocycles. The minimum Gasteiger partial charge on any atom is -0.492 e. The molecule has 92 valence electrons. The standard InChI is InChI=1S/C13H17NO3/c1-9-3-4-11(7-12(9)13(15)16)17-8-10-5-6-14(10)2/h3-4,7,10H,5-6,8H2,1-2H3,(H,15,16)/t10-/m1/s1. The molecule has 1 aromatic rings. The molecule has 1 N–H and O–H groups in total. The van der Waals surface area contributed by atoms with E-state index >= 15 is 0 Å². The first-order chi connectivity index (χ1) is 8.08. The van der Waals surface area contributed by atoms with Crippen molar-refractivity contribution in [3.8, 4) is 5.75 Å². The smallest absolute Gasteiger partial charge is 0.336 e. The van der Waals surface area contributed by atoms with Crippen LogP contribution >= 0.6 is 0 Å². The second-order valence-corrected chi connectivity index (χ2v) is 4.52. The molecule has 0 saturated carbocycles. The minimum atomic E-state index is -0.909. The van der Waals surface area contributed by atoms with Crippen molar-refractivity contribution < 1.29 is 14.6 Å². The Labute approximate surface area is 101 Å². The van der Waals surface area contributed by atoms with Crippen molar-refractivity contribution in [1.82, 2.24) is 4.90 Å². The Hall–Kier alpha value is -1.55. The molecule has 0 aromatic heterocycles. The number of likely N-dealkylation sites (N-methyl/N-ethyl adjacent to an activating group) is 1. The number of nitrogens with zero attached hydrogens (tertiary/aromatic N) is 1. The average molecular weight is 235 g/mol. The van der Waals surface area contributed by atoms with Gasteiger partial charge < -0.3 is 9.84 Å². The normalized spacial score (nSPS) is 19.8. The van der Waals surface area contributed by atoms with E-state index in [0.717, 1.165) is 18.5 Å². The van der Waals surface area contributed by atoms with E-state index < -0.39 is 5.97 Å². The highest BCUT2D eigenvalue weighted by Crippen LogP contribution is 2.20. The predicted octanol–water partition coefficient (Wildman–Crippen LogP) is 1.78. The molecular weight excluding hydrogens is 218 g/mol. The number of likely N-dealkylation sites (tertiary alicyclic amines) is 1. The van der Waals surface area contributed by atoms with E-state index in [1.165, 1.54) is 0 Å². The van der Waals surface area contributed by atoms with Crippen LogP contribution in [0.2, 0.25) is 0 Å². The first-order valence-corrected chi connectivity index (χ1v) is 5.75. The van der Waals surface area contributed by atoms with Crippen molar-refractivity contribution >= 4 is 5.97 Å². The molecule has 1 heterocycles. The van der Waals surface area contributed by atoms with Crippen LogP contribution in [0.25, 0.3) is 0 Å². The van der Waals surface area contributed by atoms with E-state index in [1.54, 1.807) is 19.1 Å². The number of carbonyl (C=O) groups is 1. The van der Waals surface area contributed by atoms with Gasteiger partial charge in [-0.15, -0.1) is 0 Å². The number of carboxylic acid groups (broad SMARTS) is 1. The zero-order valence-corrected chi connectivity index (χ0v) is 10.1. The molecule has 0 radical (unpaired) electrons. The minimum absolute atomic E-state index is 0.310. The lowest BCUT2D eigenvalue weighted by Gasteiger charge is -2.37. The van der Waals surface area contributed by atoms with Gasteiger partial charge in [-0.2, -0.15) is 0 Å². The van der Waals surface area contributed by atoms with Gasteiger partial charge in [0, 0.05) is 6.04 Å². The van der Waals surface area contributed by atoms with Gasteiger partial charge in [0.05, 0.1) is 5.56 Å². The first kappa shape index (κ1) is 11.9. The predicted molar refractivity (Wildman–Crippen MR) is 64.7 cm³/mol. The van der Waals surface area contributed by atoms with Crippen LogP contribution in [0.1, 0.15) is 22.3 Å². The third-order valence-electron chi connectivity index (χ3n) is 3.32. The summed E-state index contributed by atoms with van der Waals surface area (Å²) in [6.07, 6.45) is 1.15. The fourth-order valence-electron chi connectivity index (χ4n) is 1.89. The molecule has 0 aliphatic carbocycles. The van der Waals surface area contributed by atoms with Crippen molar-refractivity contribution in [2.24, 2.45) is 0 Å². The molecule has 2 rings (SSSR count). The van der Waals surface area contributed by atoms with Crippen LogP contribution in [0, 0.1) is 6.92 Å². The lowest BCUT2D eigenvalue weighted by Crippen LogP contribution is -2.48. The Kier molecular flexibility index (Phi) is 3.33. The second-order valence-electron chi connectivity index (χ2n) is 4.52. The van der Waals surface area contributed by atoms with Gasteiger partial charge in [-0.25, -0.2) is 4.79 Å². The number of rotatable bonds is 4. The maximum atomic E-state index is 11.0. The maximum absolute atomic E-state index is 11.0. The zero-order chi connectivity index (χ0) is 12.4. The summed E-state index contributed by atoms with van der Waals surface area (Å²) in [5, 5.41) is 9.00. The van der Waals surface area contributed by atoms with Crippen molar-refractivity contribution in [1.29, 1.82) is 0 Å². The Morgan fingerprint density at radius 1 is 1.59 bits per heavy atom. The molecule has 1 aliphatic heterocycles. The van der Waals surface area contributed by atoms with Crippen LogP contribution in [0.3, 0.4) is 0 Å². The fraction of sp³-hybridized carbons (Fsp3) is 0.462. The van der Waals surface area contributed by atoms with Crippen LogP contribution < -0.4 is 4.74 Å². The molecule has 0 bridgehead atoms. The SMILES string of the molecule is Cc1ccc(OC[C@H]2CCN2C)cc1C(=O)O. The van der Waals surface area contributed by atoms with Crippen LogP contribution in [-0.4, -0.2) is 42.2 Å². The quantitative estimate of drug-likeness (QED) is 0.864. The summed E-state index contributed by atoms with van der Waals surface area (Å²) in [4.78, 5) is 13.2. The second kappa shape index (κ2) is 4.75. The van der Waals surface area contributed by atoms with Gasteiger partial charge in [-0.05, 0) is 44.6 Å².